The molecule has 0 saturated heterocycles. The predicted molar refractivity (Wildman–Crippen MR) is 75.9 cm³/mol. The van der Waals surface area contributed by atoms with E-state index in [0.29, 0.717) is 18.9 Å². The van der Waals surface area contributed by atoms with Crippen LogP contribution in [0.15, 0.2) is 18.2 Å². The van der Waals surface area contributed by atoms with Crippen molar-refractivity contribution in [2.75, 3.05) is 0 Å². The van der Waals surface area contributed by atoms with Crippen molar-refractivity contribution in [1.82, 2.24) is 5.32 Å². The van der Waals surface area contributed by atoms with Crippen LogP contribution in [0.25, 0.3) is 0 Å². The van der Waals surface area contributed by atoms with Crippen molar-refractivity contribution in [2.24, 2.45) is 0 Å². The topological polar surface area (TPSA) is 49.3 Å². The van der Waals surface area contributed by atoms with E-state index in [9.17, 15) is 9.90 Å². The Morgan fingerprint density at radius 2 is 2.16 bits per heavy atom. The molecule has 1 amide bonds. The van der Waals surface area contributed by atoms with Gasteiger partial charge in [0.15, 0.2) is 0 Å². The molecule has 1 fully saturated rings. The van der Waals surface area contributed by atoms with Crippen molar-refractivity contribution < 1.29 is 9.90 Å². The molecule has 0 radical (unpaired) electrons. The van der Waals surface area contributed by atoms with Crippen LogP contribution >= 0.6 is 0 Å². The van der Waals surface area contributed by atoms with Gasteiger partial charge in [-0.1, -0.05) is 23.8 Å². The quantitative estimate of drug-likeness (QED) is 0.827. The Balaban J connectivity index is 1.78. The van der Waals surface area contributed by atoms with Gasteiger partial charge in [-0.3, -0.25) is 4.79 Å². The van der Waals surface area contributed by atoms with Gasteiger partial charge >= 0.3 is 0 Å². The van der Waals surface area contributed by atoms with Gasteiger partial charge in [0.1, 0.15) is 0 Å². The molecule has 0 heterocycles. The van der Waals surface area contributed by atoms with Crippen LogP contribution in [0.5, 0.6) is 0 Å². The summed E-state index contributed by atoms with van der Waals surface area (Å²) in [5, 5.41) is 13.2. The van der Waals surface area contributed by atoms with E-state index >= 15 is 0 Å². The van der Waals surface area contributed by atoms with E-state index in [1.54, 1.807) is 0 Å². The van der Waals surface area contributed by atoms with Gasteiger partial charge in [0, 0.05) is 12.5 Å². The number of carbonyl (C=O) groups excluding carboxylic acids is 1. The summed E-state index contributed by atoms with van der Waals surface area (Å²) in [5.74, 6) is 0.121. The number of benzene rings is 1. The summed E-state index contributed by atoms with van der Waals surface area (Å²) < 4.78 is 0. The molecule has 104 valence electrons. The van der Waals surface area contributed by atoms with Crippen LogP contribution in [0, 0.1) is 13.8 Å². The largest absolute Gasteiger partial charge is 0.388 e. The average molecular weight is 261 g/mol. The lowest BCUT2D eigenvalue weighted by Crippen LogP contribution is -2.25. The van der Waals surface area contributed by atoms with Crippen LogP contribution in [-0.2, 0) is 4.79 Å². The summed E-state index contributed by atoms with van der Waals surface area (Å²) in [4.78, 5) is 11.5. The van der Waals surface area contributed by atoms with E-state index < -0.39 is 6.10 Å². The van der Waals surface area contributed by atoms with Gasteiger partial charge in [0.2, 0.25) is 5.91 Å². The van der Waals surface area contributed by atoms with Crippen molar-refractivity contribution in [1.29, 1.82) is 0 Å². The first kappa shape index (κ1) is 14.1. The average Bonchev–Trinajstić information content (AvgIpc) is 3.16. The second-order valence-electron chi connectivity index (χ2n) is 5.61. The van der Waals surface area contributed by atoms with Crippen LogP contribution in [0.4, 0.5) is 0 Å². The van der Waals surface area contributed by atoms with Crippen LogP contribution < -0.4 is 5.32 Å². The highest BCUT2D eigenvalue weighted by atomic mass is 16.3. The SMILES string of the molecule is Cc1ccc(C)c(C(O)CCCC(=O)NC2CC2)c1. The minimum atomic E-state index is -0.464. The standard InChI is InChI=1S/C16H23NO2/c1-11-6-7-12(2)14(10-11)15(18)4-3-5-16(19)17-13-8-9-13/h6-7,10,13,15,18H,3-5,8-9H2,1-2H3,(H,17,19). The molecule has 2 N–H and O–H groups in total. The first-order valence-corrected chi connectivity index (χ1v) is 7.11. The Kier molecular flexibility index (Phi) is 4.59. The monoisotopic (exact) mass is 261 g/mol. The first-order chi connectivity index (χ1) is 9.06. The number of nitrogens with one attached hydrogen (secondary N) is 1. The zero-order chi connectivity index (χ0) is 13.8. The molecule has 1 aliphatic rings. The zero-order valence-electron chi connectivity index (χ0n) is 11.8. The molecule has 1 atom stereocenters. The Labute approximate surface area is 115 Å². The summed E-state index contributed by atoms with van der Waals surface area (Å²) in [6.45, 7) is 4.04. The number of carbonyl (C=O) groups is 1. The third kappa shape index (κ3) is 4.35. The highest BCUT2D eigenvalue weighted by Gasteiger charge is 2.23. The lowest BCUT2D eigenvalue weighted by atomic mass is 9.97. The van der Waals surface area contributed by atoms with Crippen molar-refractivity contribution >= 4 is 5.91 Å². The molecule has 0 aliphatic heterocycles. The Hall–Kier alpha value is -1.35. The highest BCUT2D eigenvalue weighted by Crippen LogP contribution is 2.24. The van der Waals surface area contributed by atoms with Crippen LogP contribution in [0.3, 0.4) is 0 Å². The number of hydrogen-bond donors (Lipinski definition) is 2. The highest BCUT2D eigenvalue weighted by molar-refractivity contribution is 5.76. The molecule has 0 bridgehead atoms. The van der Waals surface area contributed by atoms with E-state index in [1.165, 1.54) is 0 Å². The Morgan fingerprint density at radius 3 is 2.84 bits per heavy atom. The Morgan fingerprint density at radius 1 is 1.42 bits per heavy atom. The third-order valence-electron chi connectivity index (χ3n) is 3.62. The third-order valence-corrected chi connectivity index (χ3v) is 3.62. The second kappa shape index (κ2) is 6.20. The molecule has 1 unspecified atom stereocenters. The molecule has 19 heavy (non-hydrogen) atoms. The number of rotatable bonds is 6. The molecular formula is C16H23NO2. The van der Waals surface area contributed by atoms with Crippen LogP contribution in [0.1, 0.15) is 54.9 Å². The summed E-state index contributed by atoms with van der Waals surface area (Å²) in [7, 11) is 0. The fourth-order valence-electron chi connectivity index (χ4n) is 2.26. The fourth-order valence-corrected chi connectivity index (χ4v) is 2.26. The van der Waals surface area contributed by atoms with Gasteiger partial charge in [0.25, 0.3) is 0 Å². The normalized spacial score (nSPS) is 16.2. The van der Waals surface area contributed by atoms with E-state index in [0.717, 1.165) is 36.0 Å². The summed E-state index contributed by atoms with van der Waals surface area (Å²) >= 11 is 0. The zero-order valence-corrected chi connectivity index (χ0v) is 11.8. The predicted octanol–water partition coefficient (Wildman–Crippen LogP) is 2.79. The molecule has 1 aliphatic carbocycles. The van der Waals surface area contributed by atoms with E-state index in [2.05, 4.69) is 11.4 Å². The van der Waals surface area contributed by atoms with Gasteiger partial charge in [-0.05, 0) is 50.7 Å². The molecule has 0 spiro atoms. The smallest absolute Gasteiger partial charge is 0.220 e. The number of aliphatic hydroxyl groups excluding tert-OH is 1. The first-order valence-electron chi connectivity index (χ1n) is 7.11. The number of amides is 1. The molecular weight excluding hydrogens is 238 g/mol. The fraction of sp³-hybridized carbons (Fsp3) is 0.562. The van der Waals surface area contributed by atoms with Crippen molar-refractivity contribution in [2.45, 2.75) is 58.1 Å². The lowest BCUT2D eigenvalue weighted by molar-refractivity contribution is -0.121. The van der Waals surface area contributed by atoms with Crippen molar-refractivity contribution in [3.63, 3.8) is 0 Å². The van der Waals surface area contributed by atoms with E-state index in [-0.39, 0.29) is 5.91 Å². The van der Waals surface area contributed by atoms with E-state index in [1.807, 2.05) is 26.0 Å². The van der Waals surface area contributed by atoms with Crippen molar-refractivity contribution in [3.8, 4) is 0 Å². The molecule has 1 aromatic rings. The molecule has 1 aromatic carbocycles. The van der Waals surface area contributed by atoms with Gasteiger partial charge in [0.05, 0.1) is 6.10 Å². The van der Waals surface area contributed by atoms with Crippen LogP contribution in [0.2, 0.25) is 0 Å². The van der Waals surface area contributed by atoms with Gasteiger partial charge < -0.3 is 10.4 Å². The maximum atomic E-state index is 11.5. The minimum absolute atomic E-state index is 0.121. The maximum absolute atomic E-state index is 11.5. The number of aliphatic hydroxyl groups is 1. The van der Waals surface area contributed by atoms with Crippen LogP contribution in [-0.4, -0.2) is 17.1 Å². The summed E-state index contributed by atoms with van der Waals surface area (Å²) in [5.41, 5.74) is 3.26. The Bertz CT molecular complexity index is 452. The molecule has 2 rings (SSSR count). The lowest BCUT2D eigenvalue weighted by Gasteiger charge is -2.14. The summed E-state index contributed by atoms with van der Waals surface area (Å²) in [6, 6.07) is 6.54. The minimum Gasteiger partial charge on any atom is -0.388 e. The number of aryl methyl sites for hydroxylation is 2. The maximum Gasteiger partial charge on any atom is 0.220 e. The molecule has 3 heteroatoms. The molecule has 1 saturated carbocycles. The van der Waals surface area contributed by atoms with Gasteiger partial charge in [-0.15, -0.1) is 0 Å². The molecule has 0 aromatic heterocycles. The van der Waals surface area contributed by atoms with Gasteiger partial charge in [-0.25, -0.2) is 0 Å². The van der Waals surface area contributed by atoms with Crippen molar-refractivity contribution in [3.05, 3.63) is 34.9 Å². The second-order valence-corrected chi connectivity index (χ2v) is 5.61. The summed E-state index contributed by atoms with van der Waals surface area (Å²) in [6.07, 6.45) is 3.66. The molecule has 3 nitrogen and oxygen atoms in total. The van der Waals surface area contributed by atoms with Gasteiger partial charge in [-0.2, -0.15) is 0 Å². The van der Waals surface area contributed by atoms with E-state index in [4.69, 9.17) is 0 Å². The number of hydrogen-bond acceptors (Lipinski definition) is 2.